The zero-order valence-electron chi connectivity index (χ0n) is 15.5. The summed E-state index contributed by atoms with van der Waals surface area (Å²) < 4.78 is 5.59. The molecule has 1 aliphatic heterocycles. The highest BCUT2D eigenvalue weighted by atomic mass is 32.2. The Hall–Kier alpha value is -2.25. The molecule has 0 saturated carbocycles. The molecular weight excluding hydrogens is 394 g/mol. The van der Waals surface area contributed by atoms with Gasteiger partial charge in [-0.05, 0) is 23.3 Å². The number of rotatable bonds is 7. The van der Waals surface area contributed by atoms with Crippen molar-refractivity contribution in [2.24, 2.45) is 0 Å². The third kappa shape index (κ3) is 5.62. The summed E-state index contributed by atoms with van der Waals surface area (Å²) in [5.74, 6) is 1.41. The quantitative estimate of drug-likeness (QED) is 0.547. The summed E-state index contributed by atoms with van der Waals surface area (Å²) >= 11 is 3.82. The Bertz CT molecular complexity index is 844. The molecule has 1 heterocycles. The fraction of sp³-hybridized carbons (Fsp3) is 0.286. The molecule has 146 valence electrons. The van der Waals surface area contributed by atoms with Crippen molar-refractivity contribution < 1.29 is 19.1 Å². The molecule has 2 aromatic rings. The number of hydrogen-bond acceptors (Lipinski definition) is 6. The normalized spacial score (nSPS) is 13.9. The Morgan fingerprint density at radius 1 is 0.964 bits per heavy atom. The van der Waals surface area contributed by atoms with E-state index in [0.29, 0.717) is 22.3 Å². The molecule has 0 atom stereocenters. The van der Waals surface area contributed by atoms with E-state index in [-0.39, 0.29) is 18.3 Å². The molecule has 5 nitrogen and oxygen atoms in total. The van der Waals surface area contributed by atoms with Crippen molar-refractivity contribution in [2.75, 3.05) is 18.1 Å². The van der Waals surface area contributed by atoms with E-state index >= 15 is 0 Å². The van der Waals surface area contributed by atoms with Gasteiger partial charge in [-0.15, -0.1) is 23.5 Å². The Balaban J connectivity index is 1.50. The van der Waals surface area contributed by atoms with Gasteiger partial charge in [-0.1, -0.05) is 36.4 Å². The van der Waals surface area contributed by atoms with E-state index in [0.717, 1.165) is 17.1 Å². The SMILES string of the molecule is CC(=O)NCc1ccc(C(=O)COC(=O)c2ccc(C3SCCS3)cc2)cc1. The molecule has 0 aromatic heterocycles. The molecule has 7 heteroatoms. The van der Waals surface area contributed by atoms with Crippen molar-refractivity contribution >= 4 is 41.2 Å². The molecule has 0 spiro atoms. The summed E-state index contributed by atoms with van der Waals surface area (Å²) in [5, 5.41) is 2.69. The Kier molecular flexibility index (Phi) is 7.17. The second kappa shape index (κ2) is 9.80. The number of hydrogen-bond donors (Lipinski definition) is 1. The van der Waals surface area contributed by atoms with Crippen LogP contribution in [0, 0.1) is 0 Å². The molecular formula is C21H21NO4S2. The lowest BCUT2D eigenvalue weighted by molar-refractivity contribution is -0.119. The first-order valence-corrected chi connectivity index (χ1v) is 11.0. The minimum atomic E-state index is -0.506. The van der Waals surface area contributed by atoms with Gasteiger partial charge in [-0.3, -0.25) is 9.59 Å². The summed E-state index contributed by atoms with van der Waals surface area (Å²) in [5.41, 5.74) is 2.99. The van der Waals surface area contributed by atoms with Gasteiger partial charge in [0, 0.05) is 30.5 Å². The molecule has 3 rings (SSSR count). The Morgan fingerprint density at radius 2 is 1.57 bits per heavy atom. The number of ether oxygens (including phenoxy) is 1. The maximum atomic E-state index is 12.2. The maximum absolute atomic E-state index is 12.2. The minimum absolute atomic E-state index is 0.110. The lowest BCUT2D eigenvalue weighted by Gasteiger charge is -2.09. The highest BCUT2D eigenvalue weighted by Gasteiger charge is 2.19. The fourth-order valence-electron chi connectivity index (χ4n) is 2.66. The molecule has 0 unspecified atom stereocenters. The van der Waals surface area contributed by atoms with E-state index in [1.54, 1.807) is 36.4 Å². The van der Waals surface area contributed by atoms with Crippen LogP contribution in [0.25, 0.3) is 0 Å². The summed E-state index contributed by atoms with van der Waals surface area (Å²) in [6.45, 7) is 1.55. The van der Waals surface area contributed by atoms with Gasteiger partial charge in [0.15, 0.2) is 12.4 Å². The van der Waals surface area contributed by atoms with Crippen LogP contribution in [0.5, 0.6) is 0 Å². The largest absolute Gasteiger partial charge is 0.454 e. The summed E-state index contributed by atoms with van der Waals surface area (Å²) in [7, 11) is 0. The number of thioether (sulfide) groups is 2. The molecule has 1 aliphatic rings. The van der Waals surface area contributed by atoms with Crippen LogP contribution in [0.1, 0.15) is 43.3 Å². The van der Waals surface area contributed by atoms with Gasteiger partial charge in [0.1, 0.15) is 0 Å². The van der Waals surface area contributed by atoms with E-state index < -0.39 is 5.97 Å². The first kappa shape index (κ1) is 20.5. The molecule has 0 aliphatic carbocycles. The number of esters is 1. The van der Waals surface area contributed by atoms with Crippen molar-refractivity contribution in [3.05, 3.63) is 70.8 Å². The van der Waals surface area contributed by atoms with Crippen LogP contribution in [-0.2, 0) is 16.1 Å². The van der Waals surface area contributed by atoms with Gasteiger partial charge >= 0.3 is 5.97 Å². The van der Waals surface area contributed by atoms with Crippen LogP contribution < -0.4 is 5.32 Å². The van der Waals surface area contributed by atoms with Gasteiger partial charge in [0.2, 0.25) is 5.91 Å². The van der Waals surface area contributed by atoms with E-state index in [9.17, 15) is 14.4 Å². The van der Waals surface area contributed by atoms with Gasteiger partial charge in [0.25, 0.3) is 0 Å². The van der Waals surface area contributed by atoms with Crippen LogP contribution in [-0.4, -0.2) is 35.8 Å². The van der Waals surface area contributed by atoms with Crippen LogP contribution in [0.15, 0.2) is 48.5 Å². The minimum Gasteiger partial charge on any atom is -0.454 e. The standard InChI is InChI=1S/C21H21NO4S2/c1-14(23)22-12-15-2-4-16(5-3-15)19(24)13-26-20(25)17-6-8-18(9-7-17)21-27-10-11-28-21/h2-9,21H,10-13H2,1H3,(H,22,23). The molecule has 28 heavy (non-hydrogen) atoms. The van der Waals surface area contributed by atoms with Crippen molar-refractivity contribution in [3.8, 4) is 0 Å². The fourth-order valence-corrected chi connectivity index (χ4v) is 5.52. The van der Waals surface area contributed by atoms with E-state index in [1.165, 1.54) is 12.5 Å². The first-order valence-electron chi connectivity index (χ1n) is 8.90. The van der Waals surface area contributed by atoms with E-state index in [4.69, 9.17) is 4.74 Å². The molecule has 0 bridgehead atoms. The zero-order valence-corrected chi connectivity index (χ0v) is 17.1. The molecule has 0 radical (unpaired) electrons. The summed E-state index contributed by atoms with van der Waals surface area (Å²) in [6.07, 6.45) is 0. The van der Waals surface area contributed by atoms with Crippen LogP contribution in [0.3, 0.4) is 0 Å². The number of ketones is 1. The second-order valence-electron chi connectivity index (χ2n) is 6.30. The number of carbonyl (C=O) groups excluding carboxylic acids is 3. The number of benzene rings is 2. The molecule has 1 fully saturated rings. The summed E-state index contributed by atoms with van der Waals surface area (Å²) in [4.78, 5) is 35.4. The topological polar surface area (TPSA) is 72.5 Å². The average molecular weight is 416 g/mol. The Labute approximate surface area is 172 Å². The van der Waals surface area contributed by atoms with E-state index in [2.05, 4.69) is 5.32 Å². The average Bonchev–Trinajstić information content (AvgIpc) is 3.25. The molecule has 1 N–H and O–H groups in total. The van der Waals surface area contributed by atoms with Gasteiger partial charge in [-0.25, -0.2) is 4.79 Å². The highest BCUT2D eigenvalue weighted by molar-refractivity contribution is 8.19. The number of nitrogens with one attached hydrogen (secondary N) is 1. The number of Topliss-reactive ketones (excluding diaryl/α,β-unsaturated/α-hetero) is 1. The van der Waals surface area contributed by atoms with Crippen LogP contribution in [0.4, 0.5) is 0 Å². The van der Waals surface area contributed by atoms with Crippen molar-refractivity contribution in [1.82, 2.24) is 5.32 Å². The monoisotopic (exact) mass is 415 g/mol. The third-order valence-electron chi connectivity index (χ3n) is 4.19. The van der Waals surface area contributed by atoms with Crippen LogP contribution in [0.2, 0.25) is 0 Å². The van der Waals surface area contributed by atoms with Crippen molar-refractivity contribution in [2.45, 2.75) is 18.1 Å². The number of carbonyl (C=O) groups is 3. The van der Waals surface area contributed by atoms with E-state index in [1.807, 2.05) is 35.7 Å². The zero-order chi connectivity index (χ0) is 19.9. The van der Waals surface area contributed by atoms with Crippen molar-refractivity contribution in [3.63, 3.8) is 0 Å². The van der Waals surface area contributed by atoms with Crippen LogP contribution >= 0.6 is 23.5 Å². The lowest BCUT2D eigenvalue weighted by Crippen LogP contribution is -2.19. The smallest absolute Gasteiger partial charge is 0.338 e. The predicted octanol–water partition coefficient (Wildman–Crippen LogP) is 3.84. The highest BCUT2D eigenvalue weighted by Crippen LogP contribution is 2.45. The molecule has 1 saturated heterocycles. The molecule has 2 aromatic carbocycles. The van der Waals surface area contributed by atoms with Gasteiger partial charge in [-0.2, -0.15) is 0 Å². The third-order valence-corrected chi connectivity index (χ3v) is 7.30. The predicted molar refractivity (Wildman–Crippen MR) is 113 cm³/mol. The lowest BCUT2D eigenvalue weighted by atomic mass is 10.1. The number of amides is 1. The maximum Gasteiger partial charge on any atom is 0.338 e. The van der Waals surface area contributed by atoms with Gasteiger partial charge < -0.3 is 10.1 Å². The molecule has 1 amide bonds. The second-order valence-corrected chi connectivity index (χ2v) is 9.03. The van der Waals surface area contributed by atoms with Crippen molar-refractivity contribution in [1.29, 1.82) is 0 Å². The first-order chi connectivity index (χ1) is 13.5. The van der Waals surface area contributed by atoms with Gasteiger partial charge in [0.05, 0.1) is 10.1 Å². The Morgan fingerprint density at radius 3 is 2.18 bits per heavy atom. The summed E-state index contributed by atoms with van der Waals surface area (Å²) in [6, 6.07) is 14.3.